The molecular formula is C20H20BN5O3. The van der Waals surface area contributed by atoms with Crippen LogP contribution in [-0.4, -0.2) is 43.8 Å². The third kappa shape index (κ3) is 3.91. The van der Waals surface area contributed by atoms with E-state index < -0.39 is 7.12 Å². The molecule has 2 aromatic carbocycles. The molecule has 29 heavy (non-hydrogen) atoms. The number of aryl methyl sites for hydroxylation is 1. The summed E-state index contributed by atoms with van der Waals surface area (Å²) in [6, 6.07) is 17.3. The minimum absolute atomic E-state index is 0.203. The molecule has 0 saturated carbocycles. The highest BCUT2D eigenvalue weighted by Gasteiger charge is 2.14. The lowest BCUT2D eigenvalue weighted by atomic mass is 9.80. The Kier molecular flexibility index (Phi) is 5.15. The number of benzene rings is 2. The van der Waals surface area contributed by atoms with Crippen LogP contribution in [0.3, 0.4) is 0 Å². The van der Waals surface area contributed by atoms with E-state index in [0.717, 1.165) is 22.2 Å². The molecule has 0 atom stereocenters. The highest BCUT2D eigenvalue weighted by molar-refractivity contribution is 6.58. The summed E-state index contributed by atoms with van der Waals surface area (Å²) in [6.45, 7) is 2.40. The second-order valence-electron chi connectivity index (χ2n) is 6.60. The molecule has 0 aliphatic carbocycles. The first-order valence-corrected chi connectivity index (χ1v) is 9.11. The largest absolute Gasteiger partial charge is 0.488 e. The summed E-state index contributed by atoms with van der Waals surface area (Å²) >= 11 is 0. The average Bonchev–Trinajstić information content (AvgIpc) is 3.07. The van der Waals surface area contributed by atoms with Crippen molar-refractivity contribution in [1.29, 1.82) is 0 Å². The molecule has 0 unspecified atom stereocenters. The van der Waals surface area contributed by atoms with Gasteiger partial charge in [-0.05, 0) is 30.1 Å². The topological polar surface area (TPSA) is 105 Å². The van der Waals surface area contributed by atoms with E-state index in [9.17, 15) is 10.0 Å². The molecule has 3 N–H and O–H groups in total. The molecule has 0 aliphatic rings. The van der Waals surface area contributed by atoms with Gasteiger partial charge in [0.25, 0.3) is 0 Å². The van der Waals surface area contributed by atoms with E-state index in [1.807, 2.05) is 41.8 Å². The highest BCUT2D eigenvalue weighted by Crippen LogP contribution is 2.23. The number of rotatable bonds is 6. The van der Waals surface area contributed by atoms with Crippen LogP contribution < -0.4 is 15.5 Å². The summed E-state index contributed by atoms with van der Waals surface area (Å²) in [4.78, 5) is 13.2. The standard InChI is InChI=1S/C20H20BN5O3/c1-13-10-15-7-3-4-9-17(15)26(13)19-23-18(24-20(25-19)29-2)22-12-14-6-5-8-16(11-14)21(27)28/h3-11,27-28H,12H2,1-2H3,(H,22,23,24,25). The molecule has 0 amide bonds. The van der Waals surface area contributed by atoms with Gasteiger partial charge in [-0.2, -0.15) is 15.0 Å². The fourth-order valence-electron chi connectivity index (χ4n) is 3.22. The van der Waals surface area contributed by atoms with Gasteiger partial charge in [-0.1, -0.05) is 42.5 Å². The number of hydrogen-bond acceptors (Lipinski definition) is 7. The van der Waals surface area contributed by atoms with Gasteiger partial charge in [0.2, 0.25) is 11.9 Å². The van der Waals surface area contributed by atoms with E-state index in [1.165, 1.54) is 7.11 Å². The Hall–Kier alpha value is -3.43. The van der Waals surface area contributed by atoms with Gasteiger partial charge in [0.15, 0.2) is 0 Å². The lowest BCUT2D eigenvalue weighted by molar-refractivity contribution is 0.378. The fourth-order valence-corrected chi connectivity index (χ4v) is 3.22. The molecule has 0 spiro atoms. The fraction of sp³-hybridized carbons (Fsp3) is 0.150. The van der Waals surface area contributed by atoms with Gasteiger partial charge in [0.1, 0.15) is 0 Å². The van der Waals surface area contributed by atoms with Gasteiger partial charge < -0.3 is 20.1 Å². The Labute approximate surface area is 168 Å². The number of aromatic nitrogens is 4. The molecule has 4 rings (SSSR count). The minimum Gasteiger partial charge on any atom is -0.467 e. The van der Waals surface area contributed by atoms with Crippen molar-refractivity contribution < 1.29 is 14.8 Å². The van der Waals surface area contributed by atoms with E-state index in [-0.39, 0.29) is 6.01 Å². The highest BCUT2D eigenvalue weighted by atomic mass is 16.5. The van der Waals surface area contributed by atoms with Gasteiger partial charge in [-0.15, -0.1) is 0 Å². The summed E-state index contributed by atoms with van der Waals surface area (Å²) in [5, 5.41) is 22.9. The van der Waals surface area contributed by atoms with Crippen LogP contribution in [0.15, 0.2) is 54.6 Å². The first kappa shape index (κ1) is 18.9. The van der Waals surface area contributed by atoms with Gasteiger partial charge in [-0.3, -0.25) is 4.57 Å². The number of nitrogens with one attached hydrogen (secondary N) is 1. The molecule has 0 fully saturated rings. The Bertz CT molecular complexity index is 1160. The van der Waals surface area contributed by atoms with Gasteiger partial charge in [0, 0.05) is 17.6 Å². The lowest BCUT2D eigenvalue weighted by Gasteiger charge is -2.11. The van der Waals surface area contributed by atoms with Crippen LogP contribution in [0, 0.1) is 6.92 Å². The third-order valence-electron chi connectivity index (χ3n) is 4.58. The van der Waals surface area contributed by atoms with Crippen LogP contribution in [0.1, 0.15) is 11.3 Å². The zero-order valence-electron chi connectivity index (χ0n) is 16.1. The maximum atomic E-state index is 9.34. The Morgan fingerprint density at radius 2 is 1.86 bits per heavy atom. The number of fused-ring (bicyclic) bond motifs is 1. The zero-order valence-corrected chi connectivity index (χ0v) is 16.1. The van der Waals surface area contributed by atoms with Crippen molar-refractivity contribution in [1.82, 2.24) is 19.5 Å². The molecule has 2 heterocycles. The molecular weight excluding hydrogens is 369 g/mol. The Morgan fingerprint density at radius 3 is 2.66 bits per heavy atom. The van der Waals surface area contributed by atoms with Crippen LogP contribution in [0.2, 0.25) is 0 Å². The summed E-state index contributed by atoms with van der Waals surface area (Å²) in [6.07, 6.45) is 0. The zero-order chi connectivity index (χ0) is 20.4. The molecule has 0 bridgehead atoms. The van der Waals surface area contributed by atoms with Crippen molar-refractivity contribution in [3.63, 3.8) is 0 Å². The van der Waals surface area contributed by atoms with E-state index >= 15 is 0 Å². The van der Waals surface area contributed by atoms with Gasteiger partial charge in [0.05, 0.1) is 12.6 Å². The first-order chi connectivity index (χ1) is 14.0. The number of hydrogen-bond donors (Lipinski definition) is 3. The van der Waals surface area contributed by atoms with Crippen LogP contribution >= 0.6 is 0 Å². The predicted molar refractivity (Wildman–Crippen MR) is 112 cm³/mol. The maximum absolute atomic E-state index is 9.34. The van der Waals surface area contributed by atoms with Gasteiger partial charge >= 0.3 is 13.1 Å². The molecule has 2 aromatic heterocycles. The van der Waals surface area contributed by atoms with Crippen LogP contribution in [-0.2, 0) is 6.54 Å². The second-order valence-corrected chi connectivity index (χ2v) is 6.60. The molecule has 4 aromatic rings. The van der Waals surface area contributed by atoms with Crippen LogP contribution in [0.5, 0.6) is 6.01 Å². The van der Waals surface area contributed by atoms with E-state index in [0.29, 0.717) is 23.9 Å². The molecule has 9 heteroatoms. The molecule has 0 aliphatic heterocycles. The molecule has 0 saturated heterocycles. The minimum atomic E-state index is -1.51. The maximum Gasteiger partial charge on any atom is 0.488 e. The number of nitrogens with zero attached hydrogens (tertiary/aromatic N) is 4. The summed E-state index contributed by atoms with van der Waals surface area (Å²) in [7, 11) is -0.000802. The van der Waals surface area contributed by atoms with Crippen LogP contribution in [0.25, 0.3) is 16.9 Å². The first-order valence-electron chi connectivity index (χ1n) is 9.11. The van der Waals surface area contributed by atoms with Crippen molar-refractivity contribution in [2.75, 3.05) is 12.4 Å². The number of anilines is 1. The molecule has 0 radical (unpaired) electrons. The van der Waals surface area contributed by atoms with E-state index in [2.05, 4.69) is 26.3 Å². The van der Waals surface area contributed by atoms with Crippen molar-refractivity contribution in [2.24, 2.45) is 0 Å². The van der Waals surface area contributed by atoms with Crippen molar-refractivity contribution in [2.45, 2.75) is 13.5 Å². The Balaban J connectivity index is 1.67. The third-order valence-corrected chi connectivity index (χ3v) is 4.58. The number of methoxy groups -OCH3 is 1. The summed E-state index contributed by atoms with van der Waals surface area (Å²) in [5.74, 6) is 0.816. The predicted octanol–water partition coefficient (Wildman–Crippen LogP) is 1.42. The van der Waals surface area contributed by atoms with Gasteiger partial charge in [-0.25, -0.2) is 0 Å². The second kappa shape index (κ2) is 7.90. The van der Waals surface area contributed by atoms with E-state index in [4.69, 9.17) is 4.74 Å². The van der Waals surface area contributed by atoms with Crippen molar-refractivity contribution in [3.8, 4) is 12.0 Å². The SMILES string of the molecule is COc1nc(NCc2cccc(B(O)O)c2)nc(-n2c(C)cc3ccccc32)n1. The monoisotopic (exact) mass is 389 g/mol. The van der Waals surface area contributed by atoms with Crippen LogP contribution in [0.4, 0.5) is 5.95 Å². The lowest BCUT2D eigenvalue weighted by Crippen LogP contribution is -2.30. The number of ether oxygens (including phenoxy) is 1. The van der Waals surface area contributed by atoms with Crippen molar-refractivity contribution >= 4 is 29.4 Å². The molecule has 8 nitrogen and oxygen atoms in total. The smallest absolute Gasteiger partial charge is 0.467 e. The quantitative estimate of drug-likeness (QED) is 0.429. The summed E-state index contributed by atoms with van der Waals surface area (Å²) < 4.78 is 7.22. The summed E-state index contributed by atoms with van der Waals surface area (Å²) in [5.41, 5.74) is 3.27. The van der Waals surface area contributed by atoms with Crippen molar-refractivity contribution in [3.05, 3.63) is 65.9 Å². The average molecular weight is 389 g/mol. The Morgan fingerprint density at radius 1 is 1.03 bits per heavy atom. The number of para-hydroxylation sites is 1. The van der Waals surface area contributed by atoms with E-state index in [1.54, 1.807) is 18.2 Å². The normalized spacial score (nSPS) is 10.9. The molecule has 146 valence electrons.